The van der Waals surface area contributed by atoms with Gasteiger partial charge in [-0.1, -0.05) is 78.9 Å². The zero-order chi connectivity index (χ0) is 40.0. The molecule has 0 spiro atoms. The fraction of sp³-hybridized carbons (Fsp3) is 0.196. The van der Waals surface area contributed by atoms with Crippen LogP contribution in [0.3, 0.4) is 0 Å². The molecule has 12 nitrogen and oxygen atoms in total. The number of Topliss-reactive ketones (excluding diaryl/α,β-unsaturated/α-hetero) is 2. The number of carbonyl (C=O) groups is 2. The summed E-state index contributed by atoms with van der Waals surface area (Å²) in [5, 5.41) is 15.4. The molecule has 58 heavy (non-hydrogen) atoms. The molecule has 4 atom stereocenters. The van der Waals surface area contributed by atoms with Gasteiger partial charge in [-0.25, -0.2) is 15.0 Å². The van der Waals surface area contributed by atoms with Crippen LogP contribution in [0, 0.1) is 11.3 Å². The van der Waals surface area contributed by atoms with Gasteiger partial charge in [-0.2, -0.15) is 0 Å². The monoisotopic (exact) mass is 772 g/mol. The Morgan fingerprint density at radius 1 is 0.776 bits per heavy atom. The Morgan fingerprint density at radius 2 is 1.36 bits per heavy atom. The molecule has 0 radical (unpaired) electrons. The zero-order valence-electron chi connectivity index (χ0n) is 31.8. The fourth-order valence-corrected chi connectivity index (χ4v) is 8.62. The molecule has 4 N–H and O–H groups in total. The van der Waals surface area contributed by atoms with Crippen LogP contribution in [-0.4, -0.2) is 63.1 Å². The Morgan fingerprint density at radius 3 is 1.97 bits per heavy atom. The number of fused-ring (bicyclic) bond motifs is 3. The summed E-state index contributed by atoms with van der Waals surface area (Å²) in [5.41, 5.74) is 9.65. The number of aromatic nitrogens is 4. The molecule has 2 bridgehead atoms. The van der Waals surface area contributed by atoms with E-state index in [1.54, 1.807) is 18.8 Å². The first-order valence-corrected chi connectivity index (χ1v) is 18.9. The number of nitrogen functional groups attached to an aromatic ring is 1. The number of aliphatic hydroxyl groups is 1. The van der Waals surface area contributed by atoms with Crippen molar-refractivity contribution in [1.29, 1.82) is 0 Å². The van der Waals surface area contributed by atoms with E-state index in [0.29, 0.717) is 34.2 Å². The van der Waals surface area contributed by atoms with Gasteiger partial charge in [0.2, 0.25) is 0 Å². The Hall–Kier alpha value is -6.89. The highest BCUT2D eigenvalue weighted by atomic mass is 16.5. The second kappa shape index (κ2) is 14.6. The smallest absolute Gasteiger partial charge is 0.168 e. The highest BCUT2D eigenvalue weighted by Crippen LogP contribution is 2.56. The van der Waals surface area contributed by atoms with E-state index in [1.807, 2.05) is 127 Å². The first-order chi connectivity index (χ1) is 28.3. The number of rotatable bonds is 12. The van der Waals surface area contributed by atoms with Crippen LogP contribution in [0.1, 0.15) is 29.2 Å². The van der Waals surface area contributed by atoms with E-state index in [9.17, 15) is 14.7 Å². The molecule has 2 aliphatic carbocycles. The van der Waals surface area contributed by atoms with Crippen molar-refractivity contribution in [3.8, 4) is 22.6 Å². The molecule has 5 aromatic carbocycles. The standard InChI is InChI=1S/C46H40N6O6/c1-56-35-20-12-31(13-21-35)46(30-6-4-3-5-7-30,32-14-22-36(57-2)23-15-32)58-25-45-24-37(53)38(41(45)54)40(42(45)55)52-27-50-39-43(48-26-49-44(39)52)51-34-18-10-29(11-19-34)28-8-16-33(47)17-9-28/h3-23,26-27,38,40-41,54H,24-25,47H2,1-2H3,(H,48,49,51)/t38-,40-,41+,45-/m1/s1. The number of nitrogens with zero attached hydrogens (tertiary/aromatic N) is 4. The van der Waals surface area contributed by atoms with Crippen LogP contribution < -0.4 is 20.5 Å². The minimum absolute atomic E-state index is 0.162. The second-order valence-corrected chi connectivity index (χ2v) is 14.7. The lowest BCUT2D eigenvalue weighted by Crippen LogP contribution is -2.45. The van der Waals surface area contributed by atoms with E-state index in [2.05, 4.69) is 20.3 Å². The summed E-state index contributed by atoms with van der Waals surface area (Å²) in [7, 11) is 3.20. The van der Waals surface area contributed by atoms with Crippen molar-refractivity contribution in [3.05, 3.63) is 157 Å². The molecule has 2 heterocycles. The van der Waals surface area contributed by atoms with Crippen LogP contribution in [0.5, 0.6) is 11.5 Å². The first-order valence-electron chi connectivity index (χ1n) is 18.9. The van der Waals surface area contributed by atoms with E-state index < -0.39 is 29.1 Å². The summed E-state index contributed by atoms with van der Waals surface area (Å²) in [4.78, 5) is 42.4. The van der Waals surface area contributed by atoms with Gasteiger partial charge in [0.25, 0.3) is 0 Å². The van der Waals surface area contributed by atoms with Crippen molar-refractivity contribution < 1.29 is 28.9 Å². The predicted octanol–water partition coefficient (Wildman–Crippen LogP) is 6.91. The van der Waals surface area contributed by atoms with Gasteiger partial charge in [-0.3, -0.25) is 9.59 Å². The molecule has 2 fully saturated rings. The molecule has 2 aliphatic rings. The SMILES string of the molecule is COc1ccc(C(OC[C@@]23CC(=O)[C@H]([C@@H](n4cnc5c(Nc6ccc(-c7ccc(N)cc7)cc6)ncnc54)C2=O)[C@@H]3O)(c2ccccc2)c2ccc(OC)cc2)cc1. The average molecular weight is 773 g/mol. The number of ether oxygens (including phenoxy) is 3. The maximum Gasteiger partial charge on any atom is 0.168 e. The van der Waals surface area contributed by atoms with Crippen LogP contribution >= 0.6 is 0 Å². The van der Waals surface area contributed by atoms with E-state index >= 15 is 0 Å². The Balaban J connectivity index is 1.06. The number of benzene rings is 5. The number of ketones is 2. The number of hydrogen-bond donors (Lipinski definition) is 3. The van der Waals surface area contributed by atoms with Gasteiger partial charge in [0, 0.05) is 17.8 Å². The molecular formula is C46H40N6O6. The van der Waals surface area contributed by atoms with Crippen molar-refractivity contribution >= 4 is 39.9 Å². The van der Waals surface area contributed by atoms with Gasteiger partial charge < -0.3 is 34.9 Å². The second-order valence-electron chi connectivity index (χ2n) is 14.7. The molecule has 0 aliphatic heterocycles. The van der Waals surface area contributed by atoms with Gasteiger partial charge in [0.05, 0.1) is 44.6 Å². The third-order valence-electron chi connectivity index (χ3n) is 11.6. The lowest BCUT2D eigenvalue weighted by atomic mass is 9.78. The fourth-order valence-electron chi connectivity index (χ4n) is 8.62. The van der Waals surface area contributed by atoms with Crippen molar-refractivity contribution in [1.82, 2.24) is 19.5 Å². The summed E-state index contributed by atoms with van der Waals surface area (Å²) < 4.78 is 19.7. The number of aliphatic hydroxyl groups excluding tert-OH is 1. The van der Waals surface area contributed by atoms with Crippen molar-refractivity contribution in [2.45, 2.75) is 24.2 Å². The third-order valence-corrected chi connectivity index (χ3v) is 11.6. The van der Waals surface area contributed by atoms with Crippen LogP contribution in [0.2, 0.25) is 0 Å². The number of methoxy groups -OCH3 is 2. The largest absolute Gasteiger partial charge is 0.497 e. The molecule has 290 valence electrons. The summed E-state index contributed by atoms with van der Waals surface area (Å²) in [6.07, 6.45) is 1.41. The molecule has 0 unspecified atom stereocenters. The third kappa shape index (κ3) is 5.96. The molecule has 0 saturated heterocycles. The molecule has 2 saturated carbocycles. The summed E-state index contributed by atoms with van der Waals surface area (Å²) in [6, 6.07) is 39.2. The normalized spacial score (nSPS) is 20.1. The minimum Gasteiger partial charge on any atom is -0.497 e. The number of nitrogens with two attached hydrogens (primary N) is 1. The number of anilines is 3. The Labute approximate surface area is 334 Å². The van der Waals surface area contributed by atoms with Crippen molar-refractivity contribution in [3.63, 3.8) is 0 Å². The lowest BCUT2D eigenvalue weighted by molar-refractivity contribution is -0.144. The molecule has 12 heteroatoms. The van der Waals surface area contributed by atoms with Crippen molar-refractivity contribution in [2.24, 2.45) is 11.3 Å². The zero-order valence-corrected chi connectivity index (χ0v) is 31.8. The molecule has 2 aromatic heterocycles. The summed E-state index contributed by atoms with van der Waals surface area (Å²) >= 11 is 0. The van der Waals surface area contributed by atoms with Crippen LogP contribution in [0.4, 0.5) is 17.2 Å². The van der Waals surface area contributed by atoms with Gasteiger partial charge in [0.15, 0.2) is 22.8 Å². The number of carbonyl (C=O) groups excluding carboxylic acids is 2. The molecule has 7 aromatic rings. The number of nitrogens with one attached hydrogen (secondary N) is 1. The summed E-state index contributed by atoms with van der Waals surface area (Å²) in [6.45, 7) is -0.251. The molecular weight excluding hydrogens is 733 g/mol. The van der Waals surface area contributed by atoms with Crippen LogP contribution in [0.25, 0.3) is 22.3 Å². The van der Waals surface area contributed by atoms with Gasteiger partial charge in [0.1, 0.15) is 35.3 Å². The number of imidazole rings is 1. The van der Waals surface area contributed by atoms with Crippen LogP contribution in [0.15, 0.2) is 140 Å². The van der Waals surface area contributed by atoms with E-state index in [0.717, 1.165) is 33.5 Å². The maximum absolute atomic E-state index is 14.9. The molecule has 0 amide bonds. The highest BCUT2D eigenvalue weighted by Gasteiger charge is 2.69. The Kier molecular flexibility index (Phi) is 9.22. The van der Waals surface area contributed by atoms with Gasteiger partial charge >= 0.3 is 0 Å². The quantitative estimate of drug-likeness (QED) is 0.0874. The average Bonchev–Trinajstić information content (AvgIpc) is 3.87. The molecule has 9 rings (SSSR count). The van der Waals surface area contributed by atoms with E-state index in [1.165, 1.54) is 12.7 Å². The lowest BCUT2D eigenvalue weighted by Gasteiger charge is -2.39. The van der Waals surface area contributed by atoms with Gasteiger partial charge in [-0.05, 0) is 76.3 Å². The maximum atomic E-state index is 14.9. The first kappa shape index (κ1) is 36.7. The minimum atomic E-state index is -1.54. The van der Waals surface area contributed by atoms with Crippen molar-refractivity contribution in [2.75, 3.05) is 31.9 Å². The topological polar surface area (TPSA) is 164 Å². The predicted molar refractivity (Wildman–Crippen MR) is 219 cm³/mol. The van der Waals surface area contributed by atoms with E-state index in [4.69, 9.17) is 19.9 Å². The van der Waals surface area contributed by atoms with Gasteiger partial charge in [-0.15, -0.1) is 0 Å². The summed E-state index contributed by atoms with van der Waals surface area (Å²) in [5.74, 6) is 0.186. The number of hydrogen-bond acceptors (Lipinski definition) is 11. The highest BCUT2D eigenvalue weighted by molar-refractivity contribution is 6.07. The Bertz CT molecular complexity index is 2570. The van der Waals surface area contributed by atoms with Crippen LogP contribution in [-0.2, 0) is 19.9 Å². The van der Waals surface area contributed by atoms with E-state index in [-0.39, 0.29) is 24.6 Å².